The predicted octanol–water partition coefficient (Wildman–Crippen LogP) is 2.32. The highest BCUT2D eigenvalue weighted by atomic mass is 32.1. The smallest absolute Gasteiger partial charge is 0.287 e. The van der Waals surface area contributed by atoms with Crippen LogP contribution in [0.4, 0.5) is 5.00 Å². The largest absolute Gasteiger partial charge is 0.459 e. The lowest BCUT2D eigenvalue weighted by atomic mass is 9.88. The molecule has 1 aliphatic rings. The Morgan fingerprint density at radius 1 is 1.38 bits per heavy atom. The van der Waals surface area contributed by atoms with Crippen molar-refractivity contribution in [3.8, 4) is 0 Å². The van der Waals surface area contributed by atoms with E-state index in [2.05, 4.69) is 17.6 Å². The highest BCUT2D eigenvalue weighted by Gasteiger charge is 2.28. The first-order valence-corrected chi connectivity index (χ1v) is 9.28. The van der Waals surface area contributed by atoms with Crippen LogP contribution in [0.15, 0.2) is 22.8 Å². The van der Waals surface area contributed by atoms with Crippen LogP contribution in [0, 0.1) is 5.92 Å². The topological polar surface area (TPSA) is 114 Å². The van der Waals surface area contributed by atoms with Gasteiger partial charge < -0.3 is 20.8 Å². The van der Waals surface area contributed by atoms with Crippen molar-refractivity contribution in [2.75, 3.05) is 5.32 Å². The molecule has 0 saturated heterocycles. The van der Waals surface area contributed by atoms with Crippen LogP contribution in [0.3, 0.4) is 0 Å². The lowest BCUT2D eigenvalue weighted by molar-refractivity contribution is -0.117. The standard InChI is InChI=1S/C18H21N3O4S/c1-9-5-6-11-13(8-9)26-18(14(11)15(19)22)21-16(23)10(2)20-17(24)12-4-3-7-25-12/h3-4,7,9-10H,5-6,8H2,1-2H3,(H2,19,22)(H,20,24)(H,21,23)/t9-,10-/m0/s1. The number of rotatable bonds is 5. The third kappa shape index (κ3) is 3.65. The molecule has 1 aliphatic carbocycles. The molecule has 2 aromatic heterocycles. The van der Waals surface area contributed by atoms with Crippen molar-refractivity contribution in [2.24, 2.45) is 11.7 Å². The molecule has 3 amide bonds. The summed E-state index contributed by atoms with van der Waals surface area (Å²) in [6.45, 7) is 3.73. The highest BCUT2D eigenvalue weighted by Crippen LogP contribution is 2.39. The van der Waals surface area contributed by atoms with E-state index in [1.807, 2.05) is 0 Å². The van der Waals surface area contributed by atoms with E-state index in [1.54, 1.807) is 13.0 Å². The molecule has 3 rings (SSSR count). The van der Waals surface area contributed by atoms with Gasteiger partial charge in [0.25, 0.3) is 11.8 Å². The Labute approximate surface area is 154 Å². The van der Waals surface area contributed by atoms with E-state index in [0.29, 0.717) is 16.5 Å². The maximum Gasteiger partial charge on any atom is 0.287 e. The van der Waals surface area contributed by atoms with Crippen LogP contribution in [-0.4, -0.2) is 23.8 Å². The third-order valence-electron chi connectivity index (χ3n) is 4.48. The molecule has 2 heterocycles. The van der Waals surface area contributed by atoms with Gasteiger partial charge in [-0.15, -0.1) is 11.3 Å². The third-order valence-corrected chi connectivity index (χ3v) is 5.65. The molecule has 0 fully saturated rings. The molecule has 26 heavy (non-hydrogen) atoms. The summed E-state index contributed by atoms with van der Waals surface area (Å²) >= 11 is 1.39. The van der Waals surface area contributed by atoms with Crippen molar-refractivity contribution < 1.29 is 18.8 Å². The molecular formula is C18H21N3O4S. The Morgan fingerprint density at radius 2 is 2.15 bits per heavy atom. The maximum absolute atomic E-state index is 12.5. The van der Waals surface area contributed by atoms with Gasteiger partial charge in [-0.2, -0.15) is 0 Å². The second kappa shape index (κ2) is 7.33. The zero-order valence-corrected chi connectivity index (χ0v) is 15.4. The van der Waals surface area contributed by atoms with Crippen molar-refractivity contribution in [2.45, 2.75) is 39.2 Å². The number of furan rings is 1. The zero-order valence-electron chi connectivity index (χ0n) is 14.6. The number of thiophene rings is 1. The summed E-state index contributed by atoms with van der Waals surface area (Å²) in [5.74, 6) is -0.772. The minimum Gasteiger partial charge on any atom is -0.459 e. The first-order valence-electron chi connectivity index (χ1n) is 8.46. The first kappa shape index (κ1) is 18.2. The van der Waals surface area contributed by atoms with E-state index in [4.69, 9.17) is 10.2 Å². The van der Waals surface area contributed by atoms with Gasteiger partial charge in [0.15, 0.2) is 5.76 Å². The quantitative estimate of drug-likeness (QED) is 0.744. The fourth-order valence-corrected chi connectivity index (χ4v) is 4.48. The van der Waals surface area contributed by atoms with E-state index >= 15 is 0 Å². The predicted molar refractivity (Wildman–Crippen MR) is 98.3 cm³/mol. The number of amides is 3. The van der Waals surface area contributed by atoms with Gasteiger partial charge in [-0.05, 0) is 49.8 Å². The number of nitrogens with one attached hydrogen (secondary N) is 2. The number of hydrogen-bond donors (Lipinski definition) is 3. The van der Waals surface area contributed by atoms with Crippen LogP contribution >= 0.6 is 11.3 Å². The van der Waals surface area contributed by atoms with E-state index in [1.165, 1.54) is 23.7 Å². The summed E-state index contributed by atoms with van der Waals surface area (Å²) in [5, 5.41) is 5.77. The van der Waals surface area contributed by atoms with Crippen molar-refractivity contribution in [1.29, 1.82) is 0 Å². The second-order valence-corrected chi connectivity index (χ2v) is 7.69. The Kier molecular flexibility index (Phi) is 5.13. The van der Waals surface area contributed by atoms with Gasteiger partial charge in [-0.1, -0.05) is 6.92 Å². The molecule has 0 aliphatic heterocycles. The van der Waals surface area contributed by atoms with Crippen LogP contribution in [0.1, 0.15) is 51.6 Å². The molecule has 8 heteroatoms. The number of nitrogens with two attached hydrogens (primary N) is 1. The van der Waals surface area contributed by atoms with E-state index < -0.39 is 23.8 Å². The normalized spacial score (nSPS) is 17.2. The molecule has 0 radical (unpaired) electrons. The van der Waals surface area contributed by atoms with Gasteiger partial charge in [0.2, 0.25) is 5.91 Å². The number of anilines is 1. The lowest BCUT2D eigenvalue weighted by Crippen LogP contribution is -2.41. The molecule has 0 aromatic carbocycles. The molecule has 0 spiro atoms. The number of hydrogen-bond acceptors (Lipinski definition) is 5. The van der Waals surface area contributed by atoms with Crippen LogP contribution in [0.25, 0.3) is 0 Å². The lowest BCUT2D eigenvalue weighted by Gasteiger charge is -2.18. The van der Waals surface area contributed by atoms with Gasteiger partial charge >= 0.3 is 0 Å². The van der Waals surface area contributed by atoms with Gasteiger partial charge in [0.1, 0.15) is 11.0 Å². The number of primary amides is 1. The molecule has 7 nitrogen and oxygen atoms in total. The summed E-state index contributed by atoms with van der Waals surface area (Å²) in [7, 11) is 0. The Balaban J connectivity index is 1.74. The summed E-state index contributed by atoms with van der Waals surface area (Å²) < 4.78 is 5.01. The molecule has 0 saturated carbocycles. The molecule has 0 unspecified atom stereocenters. The van der Waals surface area contributed by atoms with Crippen molar-refractivity contribution in [3.63, 3.8) is 0 Å². The first-order chi connectivity index (χ1) is 12.4. The maximum atomic E-state index is 12.5. The minimum absolute atomic E-state index is 0.128. The molecule has 2 atom stereocenters. The van der Waals surface area contributed by atoms with Gasteiger partial charge in [0.05, 0.1) is 11.8 Å². The average Bonchev–Trinajstić information content (AvgIpc) is 3.21. The molecule has 0 bridgehead atoms. The molecule has 138 valence electrons. The number of carbonyl (C=O) groups excluding carboxylic acids is 3. The van der Waals surface area contributed by atoms with Crippen molar-refractivity contribution >= 4 is 34.1 Å². The van der Waals surface area contributed by atoms with Gasteiger partial charge in [-0.25, -0.2) is 0 Å². The zero-order chi connectivity index (χ0) is 18.8. The van der Waals surface area contributed by atoms with E-state index in [-0.39, 0.29) is 5.76 Å². The monoisotopic (exact) mass is 375 g/mol. The summed E-state index contributed by atoms with van der Waals surface area (Å²) in [6.07, 6.45) is 4.04. The average molecular weight is 375 g/mol. The van der Waals surface area contributed by atoms with Crippen LogP contribution in [0.5, 0.6) is 0 Å². The van der Waals surface area contributed by atoms with Crippen LogP contribution < -0.4 is 16.4 Å². The van der Waals surface area contributed by atoms with E-state index in [9.17, 15) is 14.4 Å². The molecule has 2 aromatic rings. The summed E-state index contributed by atoms with van der Waals surface area (Å²) in [4.78, 5) is 37.5. The van der Waals surface area contributed by atoms with Crippen LogP contribution in [-0.2, 0) is 17.6 Å². The minimum atomic E-state index is -0.800. The summed E-state index contributed by atoms with van der Waals surface area (Å²) in [5.41, 5.74) is 6.89. The fraction of sp³-hybridized carbons (Fsp3) is 0.389. The SMILES string of the molecule is C[C@H]1CCc2c(sc(NC(=O)[C@H](C)NC(=O)c3ccco3)c2C(N)=O)C1. The molecule has 4 N–H and O–H groups in total. The van der Waals surface area contributed by atoms with Crippen LogP contribution in [0.2, 0.25) is 0 Å². The Morgan fingerprint density at radius 3 is 2.81 bits per heavy atom. The molecular weight excluding hydrogens is 354 g/mol. The number of carbonyl (C=O) groups is 3. The Hall–Kier alpha value is -2.61. The van der Waals surface area contributed by atoms with Gasteiger partial charge in [-0.3, -0.25) is 14.4 Å². The number of fused-ring (bicyclic) bond motifs is 1. The highest BCUT2D eigenvalue weighted by molar-refractivity contribution is 7.17. The Bertz CT molecular complexity index is 841. The summed E-state index contributed by atoms with van der Waals surface area (Å²) in [6, 6.07) is 2.31. The van der Waals surface area contributed by atoms with E-state index in [0.717, 1.165) is 29.7 Å². The van der Waals surface area contributed by atoms with Crippen molar-refractivity contribution in [3.05, 3.63) is 40.2 Å². The van der Waals surface area contributed by atoms with Crippen molar-refractivity contribution in [1.82, 2.24) is 5.32 Å². The second-order valence-electron chi connectivity index (χ2n) is 6.58. The van der Waals surface area contributed by atoms with Gasteiger partial charge in [0, 0.05) is 4.88 Å². The fourth-order valence-electron chi connectivity index (χ4n) is 3.06.